The highest BCUT2D eigenvalue weighted by Crippen LogP contribution is 2.34. The molecule has 0 aromatic heterocycles. The van der Waals surface area contributed by atoms with Gasteiger partial charge in [-0.05, 0) is 36.4 Å². The van der Waals surface area contributed by atoms with E-state index in [-0.39, 0.29) is 5.56 Å². The maximum Gasteiger partial charge on any atom is 0.418 e. The molecule has 0 saturated heterocycles. The number of rotatable bonds is 4. The van der Waals surface area contributed by atoms with Crippen molar-refractivity contribution in [1.82, 2.24) is 0 Å². The van der Waals surface area contributed by atoms with Gasteiger partial charge in [-0.1, -0.05) is 28.1 Å². The number of anilines is 1. The standard InChI is InChI=1S/C16H11BrF3NO3/c17-11-7-5-10(6-8-11)15(23)24-9-14(22)21-13-4-2-1-3-12(13)16(18,19)20/h1-8H,9H2,(H,21,22). The molecule has 0 radical (unpaired) electrons. The average molecular weight is 402 g/mol. The molecule has 0 aliphatic rings. The maximum absolute atomic E-state index is 12.8. The average Bonchev–Trinajstić information content (AvgIpc) is 2.53. The third-order valence-electron chi connectivity index (χ3n) is 2.92. The first kappa shape index (κ1) is 18.0. The quantitative estimate of drug-likeness (QED) is 0.778. The predicted molar refractivity (Wildman–Crippen MR) is 84.5 cm³/mol. The second-order valence-electron chi connectivity index (χ2n) is 4.67. The first-order chi connectivity index (χ1) is 11.3. The van der Waals surface area contributed by atoms with Gasteiger partial charge in [0.05, 0.1) is 16.8 Å². The summed E-state index contributed by atoms with van der Waals surface area (Å²) in [4.78, 5) is 23.5. The Kier molecular flexibility index (Phi) is 5.61. The second kappa shape index (κ2) is 7.48. The molecule has 0 aliphatic carbocycles. The Hall–Kier alpha value is -2.35. The van der Waals surface area contributed by atoms with E-state index in [1.165, 1.54) is 24.3 Å². The zero-order chi connectivity index (χ0) is 17.7. The number of halogens is 4. The number of para-hydroxylation sites is 1. The van der Waals surface area contributed by atoms with E-state index in [1.54, 1.807) is 12.1 Å². The van der Waals surface area contributed by atoms with Gasteiger partial charge in [0.2, 0.25) is 0 Å². The van der Waals surface area contributed by atoms with Crippen LogP contribution in [0.2, 0.25) is 0 Å². The monoisotopic (exact) mass is 401 g/mol. The first-order valence-corrected chi connectivity index (χ1v) is 7.45. The van der Waals surface area contributed by atoms with Crippen molar-refractivity contribution < 1.29 is 27.5 Å². The fourth-order valence-electron chi connectivity index (χ4n) is 1.83. The van der Waals surface area contributed by atoms with Gasteiger partial charge >= 0.3 is 12.1 Å². The first-order valence-electron chi connectivity index (χ1n) is 6.66. The van der Waals surface area contributed by atoms with Crippen molar-refractivity contribution in [2.45, 2.75) is 6.18 Å². The molecule has 2 aromatic carbocycles. The fourth-order valence-corrected chi connectivity index (χ4v) is 2.09. The van der Waals surface area contributed by atoms with E-state index >= 15 is 0 Å². The van der Waals surface area contributed by atoms with Gasteiger partial charge in [0.15, 0.2) is 6.61 Å². The van der Waals surface area contributed by atoms with Crippen molar-refractivity contribution in [3.63, 3.8) is 0 Å². The van der Waals surface area contributed by atoms with E-state index < -0.39 is 35.9 Å². The smallest absolute Gasteiger partial charge is 0.418 e. The molecule has 0 heterocycles. The SMILES string of the molecule is O=C(COC(=O)c1ccc(Br)cc1)Nc1ccccc1C(F)(F)F. The number of hydrogen-bond donors (Lipinski definition) is 1. The topological polar surface area (TPSA) is 55.4 Å². The van der Waals surface area contributed by atoms with Gasteiger partial charge in [0.25, 0.3) is 5.91 Å². The van der Waals surface area contributed by atoms with E-state index in [0.29, 0.717) is 0 Å². The molecular weight excluding hydrogens is 391 g/mol. The van der Waals surface area contributed by atoms with Gasteiger partial charge in [-0.2, -0.15) is 13.2 Å². The predicted octanol–water partition coefficient (Wildman–Crippen LogP) is 4.26. The number of alkyl halides is 3. The Morgan fingerprint density at radius 1 is 1.04 bits per heavy atom. The summed E-state index contributed by atoms with van der Waals surface area (Å²) in [6.45, 7) is -0.693. The zero-order valence-corrected chi connectivity index (χ0v) is 13.6. The van der Waals surface area contributed by atoms with Crippen LogP contribution in [0.5, 0.6) is 0 Å². The van der Waals surface area contributed by atoms with Crippen LogP contribution in [-0.2, 0) is 15.7 Å². The van der Waals surface area contributed by atoms with Crippen molar-refractivity contribution in [2.75, 3.05) is 11.9 Å². The van der Waals surface area contributed by atoms with E-state index in [2.05, 4.69) is 21.2 Å². The number of benzene rings is 2. The minimum atomic E-state index is -4.60. The highest BCUT2D eigenvalue weighted by Gasteiger charge is 2.33. The molecule has 0 spiro atoms. The van der Waals surface area contributed by atoms with Crippen LogP contribution < -0.4 is 5.32 Å². The molecule has 0 saturated carbocycles. The molecule has 8 heteroatoms. The van der Waals surface area contributed by atoms with Crippen LogP contribution in [0.25, 0.3) is 0 Å². The minimum absolute atomic E-state index is 0.224. The van der Waals surface area contributed by atoms with Crippen molar-refractivity contribution in [3.05, 3.63) is 64.1 Å². The van der Waals surface area contributed by atoms with E-state index in [1.807, 2.05) is 0 Å². The summed E-state index contributed by atoms with van der Waals surface area (Å²) in [5, 5.41) is 2.09. The Morgan fingerprint density at radius 2 is 1.67 bits per heavy atom. The summed E-state index contributed by atoms with van der Waals surface area (Å²) in [5.41, 5.74) is -1.14. The number of hydrogen-bond acceptors (Lipinski definition) is 3. The molecule has 2 rings (SSSR count). The number of carbonyl (C=O) groups is 2. The van der Waals surface area contributed by atoms with Gasteiger partial charge < -0.3 is 10.1 Å². The molecule has 2 aromatic rings. The Labute approximate surface area is 143 Å². The van der Waals surface area contributed by atoms with E-state index in [9.17, 15) is 22.8 Å². The number of ether oxygens (including phenoxy) is 1. The Morgan fingerprint density at radius 3 is 2.29 bits per heavy atom. The van der Waals surface area contributed by atoms with Gasteiger partial charge in [-0.3, -0.25) is 4.79 Å². The van der Waals surface area contributed by atoms with Gasteiger partial charge in [-0.15, -0.1) is 0 Å². The maximum atomic E-state index is 12.8. The lowest BCUT2D eigenvalue weighted by atomic mass is 10.1. The van der Waals surface area contributed by atoms with Crippen LogP contribution in [0.4, 0.5) is 18.9 Å². The van der Waals surface area contributed by atoms with Gasteiger partial charge in [-0.25, -0.2) is 4.79 Å². The molecule has 24 heavy (non-hydrogen) atoms. The van der Waals surface area contributed by atoms with E-state index in [4.69, 9.17) is 4.74 Å². The third kappa shape index (κ3) is 4.82. The summed E-state index contributed by atoms with van der Waals surface area (Å²) in [5.74, 6) is -1.61. The molecule has 1 N–H and O–H groups in total. The highest BCUT2D eigenvalue weighted by molar-refractivity contribution is 9.10. The van der Waals surface area contributed by atoms with Crippen molar-refractivity contribution >= 4 is 33.5 Å². The summed E-state index contributed by atoms with van der Waals surface area (Å²) in [6.07, 6.45) is -4.60. The second-order valence-corrected chi connectivity index (χ2v) is 5.59. The lowest BCUT2D eigenvalue weighted by molar-refractivity contribution is -0.137. The van der Waals surface area contributed by atoms with E-state index in [0.717, 1.165) is 16.6 Å². The van der Waals surface area contributed by atoms with Crippen LogP contribution in [-0.4, -0.2) is 18.5 Å². The molecule has 0 aliphatic heterocycles. The Bertz CT molecular complexity index is 745. The number of carbonyl (C=O) groups excluding carboxylic acids is 2. The van der Waals surface area contributed by atoms with Crippen molar-refractivity contribution in [3.8, 4) is 0 Å². The number of amides is 1. The fraction of sp³-hybridized carbons (Fsp3) is 0.125. The van der Waals surface area contributed by atoms with Crippen LogP contribution >= 0.6 is 15.9 Å². The largest absolute Gasteiger partial charge is 0.452 e. The lowest BCUT2D eigenvalue weighted by Gasteiger charge is -2.13. The third-order valence-corrected chi connectivity index (χ3v) is 3.45. The van der Waals surface area contributed by atoms with Crippen LogP contribution in [0, 0.1) is 0 Å². The van der Waals surface area contributed by atoms with Crippen LogP contribution in [0.3, 0.4) is 0 Å². The number of esters is 1. The molecule has 126 valence electrons. The van der Waals surface area contributed by atoms with Crippen molar-refractivity contribution in [2.24, 2.45) is 0 Å². The normalized spacial score (nSPS) is 11.0. The molecular formula is C16H11BrF3NO3. The molecule has 0 fully saturated rings. The summed E-state index contributed by atoms with van der Waals surface area (Å²) in [6, 6.07) is 10.8. The Balaban J connectivity index is 1.97. The molecule has 0 bridgehead atoms. The number of nitrogens with one attached hydrogen (secondary N) is 1. The summed E-state index contributed by atoms with van der Waals surface area (Å²) >= 11 is 3.21. The zero-order valence-electron chi connectivity index (χ0n) is 12.1. The highest BCUT2D eigenvalue weighted by atomic mass is 79.9. The molecule has 0 unspecified atom stereocenters. The molecule has 4 nitrogen and oxygen atoms in total. The van der Waals surface area contributed by atoms with Crippen molar-refractivity contribution in [1.29, 1.82) is 0 Å². The molecule has 0 atom stereocenters. The molecule has 1 amide bonds. The minimum Gasteiger partial charge on any atom is -0.452 e. The van der Waals surface area contributed by atoms with Gasteiger partial charge in [0, 0.05) is 4.47 Å². The lowest BCUT2D eigenvalue weighted by Crippen LogP contribution is -2.22. The summed E-state index contributed by atoms with van der Waals surface area (Å²) in [7, 11) is 0. The summed E-state index contributed by atoms with van der Waals surface area (Å²) < 4.78 is 44.0. The van der Waals surface area contributed by atoms with Crippen LogP contribution in [0.15, 0.2) is 53.0 Å². The van der Waals surface area contributed by atoms with Crippen LogP contribution in [0.1, 0.15) is 15.9 Å². The van der Waals surface area contributed by atoms with Gasteiger partial charge in [0.1, 0.15) is 0 Å².